The maximum atomic E-state index is 13.2. The van der Waals surface area contributed by atoms with Crippen LogP contribution in [-0.2, 0) is 20.0 Å². The van der Waals surface area contributed by atoms with Crippen LogP contribution in [0.5, 0.6) is 0 Å². The van der Waals surface area contributed by atoms with Crippen molar-refractivity contribution in [1.29, 1.82) is 0 Å². The molecule has 0 aliphatic rings. The van der Waals surface area contributed by atoms with E-state index in [2.05, 4.69) is 42.6 Å². The van der Waals surface area contributed by atoms with Gasteiger partial charge in [-0.2, -0.15) is 15.3 Å². The molecule has 0 saturated heterocycles. The van der Waals surface area contributed by atoms with Crippen LogP contribution >= 0.6 is 0 Å². The van der Waals surface area contributed by atoms with Crippen LogP contribution in [-0.4, -0.2) is 49.5 Å². The van der Waals surface area contributed by atoms with Crippen LogP contribution in [0.4, 0.5) is 0 Å². The molecule has 166 valence electrons. The van der Waals surface area contributed by atoms with Gasteiger partial charge in [0, 0.05) is 36.3 Å². The first-order valence-electron chi connectivity index (χ1n) is 10.6. The summed E-state index contributed by atoms with van der Waals surface area (Å²) in [6.45, 7) is 2.50. The van der Waals surface area contributed by atoms with Gasteiger partial charge in [0.25, 0.3) is 0 Å². The van der Waals surface area contributed by atoms with Gasteiger partial charge in [-0.1, -0.05) is 43.7 Å². The monoisotopic (exact) mass is 442 g/mol. The first kappa shape index (κ1) is 20.5. The van der Waals surface area contributed by atoms with Crippen LogP contribution in [0, 0.1) is 0 Å². The molecule has 4 heterocycles. The number of hydrogen-bond acceptors (Lipinski definition) is 7. The Morgan fingerprint density at radius 2 is 1.91 bits per heavy atom. The van der Waals surface area contributed by atoms with E-state index in [1.165, 1.54) is 6.33 Å². The Bertz CT molecular complexity index is 1430. The standard InChI is InChI=1S/C22H22N10O/c1-3-6-16-13-32(21-24-14-25-30(21)2)22(33)31(16)12-15-9-10-19(23-11-15)17-7-4-5-8-18(17)20-26-28-29-27-20/h4-5,7-11,13-14H,3,6,12H2,1-2H3,(H,26,27,28,29). The summed E-state index contributed by atoms with van der Waals surface area (Å²) in [5.74, 6) is 1.000. The molecular formula is C22H22N10O. The Labute approximate surface area is 188 Å². The summed E-state index contributed by atoms with van der Waals surface area (Å²) < 4.78 is 4.89. The first-order chi connectivity index (χ1) is 16.2. The molecule has 11 nitrogen and oxygen atoms in total. The Balaban J connectivity index is 1.47. The van der Waals surface area contributed by atoms with E-state index < -0.39 is 0 Å². The largest absolute Gasteiger partial charge is 0.335 e. The van der Waals surface area contributed by atoms with Gasteiger partial charge in [0.1, 0.15) is 6.33 Å². The summed E-state index contributed by atoms with van der Waals surface area (Å²) in [5, 5.41) is 18.4. The summed E-state index contributed by atoms with van der Waals surface area (Å²) in [7, 11) is 1.76. The van der Waals surface area contributed by atoms with E-state index >= 15 is 0 Å². The second-order valence-electron chi connectivity index (χ2n) is 7.63. The summed E-state index contributed by atoms with van der Waals surface area (Å²) in [6, 6.07) is 11.7. The third-order valence-corrected chi connectivity index (χ3v) is 5.43. The molecule has 5 rings (SSSR count). The summed E-state index contributed by atoms with van der Waals surface area (Å²) in [6.07, 6.45) is 6.78. The number of imidazole rings is 1. The van der Waals surface area contributed by atoms with E-state index in [9.17, 15) is 4.79 Å². The van der Waals surface area contributed by atoms with Crippen molar-refractivity contribution in [1.82, 2.24) is 49.5 Å². The molecular weight excluding hydrogens is 420 g/mol. The van der Waals surface area contributed by atoms with Gasteiger partial charge >= 0.3 is 5.69 Å². The lowest BCUT2D eigenvalue weighted by Crippen LogP contribution is -2.26. The minimum atomic E-state index is -0.152. The number of tetrazole rings is 1. The van der Waals surface area contributed by atoms with Crippen LogP contribution in [0.25, 0.3) is 28.6 Å². The zero-order valence-corrected chi connectivity index (χ0v) is 18.3. The lowest BCUT2D eigenvalue weighted by Gasteiger charge is -2.09. The summed E-state index contributed by atoms with van der Waals surface area (Å²) in [4.78, 5) is 22.1. The SMILES string of the molecule is CCCc1cn(-c2ncnn2C)c(=O)n1Cc1ccc(-c2ccccc2-c2nn[nH]n2)nc1. The molecule has 0 aliphatic carbocycles. The van der Waals surface area contributed by atoms with Gasteiger partial charge in [-0.25, -0.2) is 14.0 Å². The van der Waals surface area contributed by atoms with Crippen molar-refractivity contribution in [2.45, 2.75) is 26.3 Å². The number of nitrogens with zero attached hydrogens (tertiary/aromatic N) is 9. The van der Waals surface area contributed by atoms with Gasteiger partial charge in [-0.3, -0.25) is 9.55 Å². The number of aromatic nitrogens is 10. The van der Waals surface area contributed by atoms with Gasteiger partial charge in [0.15, 0.2) is 0 Å². The third kappa shape index (κ3) is 3.84. The summed E-state index contributed by atoms with van der Waals surface area (Å²) >= 11 is 0. The van der Waals surface area contributed by atoms with E-state index in [4.69, 9.17) is 0 Å². The molecule has 0 unspecified atom stereocenters. The van der Waals surface area contributed by atoms with Crippen molar-refractivity contribution in [3.8, 4) is 28.6 Å². The minimum Gasteiger partial charge on any atom is -0.291 e. The molecule has 33 heavy (non-hydrogen) atoms. The molecule has 0 radical (unpaired) electrons. The van der Waals surface area contributed by atoms with Crippen LogP contribution in [0.15, 0.2) is 59.9 Å². The Hall–Kier alpha value is -4.41. The number of pyridine rings is 1. The lowest BCUT2D eigenvalue weighted by atomic mass is 10.0. The lowest BCUT2D eigenvalue weighted by molar-refractivity contribution is 0.670. The molecule has 0 atom stereocenters. The molecule has 0 spiro atoms. The predicted octanol–water partition coefficient (Wildman–Crippen LogP) is 2.01. The van der Waals surface area contributed by atoms with E-state index in [1.54, 1.807) is 27.1 Å². The zero-order chi connectivity index (χ0) is 22.8. The topological polar surface area (TPSA) is 125 Å². The molecule has 5 aromatic rings. The number of hydrogen-bond donors (Lipinski definition) is 1. The Kier molecular flexibility index (Phi) is 5.35. The maximum absolute atomic E-state index is 13.2. The normalized spacial score (nSPS) is 11.2. The molecule has 1 N–H and O–H groups in total. The number of aromatic amines is 1. The van der Waals surface area contributed by atoms with Crippen molar-refractivity contribution in [2.75, 3.05) is 0 Å². The Morgan fingerprint density at radius 3 is 2.58 bits per heavy atom. The molecule has 0 bridgehead atoms. The molecule has 0 amide bonds. The van der Waals surface area contributed by atoms with E-state index in [-0.39, 0.29) is 5.69 Å². The molecule has 0 saturated carbocycles. The highest BCUT2D eigenvalue weighted by molar-refractivity contribution is 5.78. The number of aryl methyl sites for hydroxylation is 2. The molecule has 1 aromatic carbocycles. The van der Waals surface area contributed by atoms with Gasteiger partial charge in [-0.15, -0.1) is 10.2 Å². The van der Waals surface area contributed by atoms with Gasteiger partial charge in [0.2, 0.25) is 11.8 Å². The number of H-pyrrole nitrogens is 1. The van der Waals surface area contributed by atoms with Gasteiger partial charge < -0.3 is 0 Å². The van der Waals surface area contributed by atoms with Crippen molar-refractivity contribution in [2.24, 2.45) is 7.05 Å². The first-order valence-corrected chi connectivity index (χ1v) is 10.6. The fourth-order valence-electron chi connectivity index (χ4n) is 3.84. The van der Waals surface area contributed by atoms with Crippen LogP contribution in [0.3, 0.4) is 0 Å². The van der Waals surface area contributed by atoms with Crippen LogP contribution in [0.1, 0.15) is 24.6 Å². The fourth-order valence-corrected chi connectivity index (χ4v) is 3.84. The third-order valence-electron chi connectivity index (χ3n) is 5.43. The number of rotatable bonds is 7. The second-order valence-corrected chi connectivity index (χ2v) is 7.63. The number of nitrogens with one attached hydrogen (secondary N) is 1. The van der Waals surface area contributed by atoms with E-state index in [0.717, 1.165) is 40.9 Å². The second kappa shape index (κ2) is 8.61. The smallest absolute Gasteiger partial charge is 0.291 e. The maximum Gasteiger partial charge on any atom is 0.335 e. The Morgan fingerprint density at radius 1 is 1.06 bits per heavy atom. The highest BCUT2D eigenvalue weighted by atomic mass is 16.2. The molecule has 11 heteroatoms. The quantitative estimate of drug-likeness (QED) is 0.409. The van der Waals surface area contributed by atoms with Crippen LogP contribution < -0.4 is 5.69 Å². The van der Waals surface area contributed by atoms with E-state index in [0.29, 0.717) is 18.3 Å². The van der Waals surface area contributed by atoms with Crippen molar-refractivity contribution < 1.29 is 0 Å². The van der Waals surface area contributed by atoms with Gasteiger partial charge in [-0.05, 0) is 23.3 Å². The van der Waals surface area contributed by atoms with Crippen molar-refractivity contribution >= 4 is 0 Å². The summed E-state index contributed by atoms with van der Waals surface area (Å²) in [5.41, 5.74) is 4.25. The van der Waals surface area contributed by atoms with Crippen molar-refractivity contribution in [3.05, 3.63) is 76.9 Å². The minimum absolute atomic E-state index is 0.152. The average Bonchev–Trinajstić information content (AvgIpc) is 3.58. The molecule has 4 aromatic heterocycles. The van der Waals surface area contributed by atoms with Gasteiger partial charge in [0.05, 0.1) is 12.2 Å². The fraction of sp³-hybridized carbons (Fsp3) is 0.227. The number of benzene rings is 1. The van der Waals surface area contributed by atoms with E-state index in [1.807, 2.05) is 42.6 Å². The zero-order valence-electron chi connectivity index (χ0n) is 18.3. The van der Waals surface area contributed by atoms with Crippen molar-refractivity contribution in [3.63, 3.8) is 0 Å². The van der Waals surface area contributed by atoms with Crippen LogP contribution in [0.2, 0.25) is 0 Å². The molecule has 0 aliphatic heterocycles. The average molecular weight is 442 g/mol. The highest BCUT2D eigenvalue weighted by Gasteiger charge is 2.16. The molecule has 0 fully saturated rings. The highest BCUT2D eigenvalue weighted by Crippen LogP contribution is 2.28. The predicted molar refractivity (Wildman–Crippen MR) is 121 cm³/mol.